The van der Waals surface area contributed by atoms with Crippen LogP contribution in [0.3, 0.4) is 0 Å². The Balaban J connectivity index is 0.967. The predicted octanol–water partition coefficient (Wildman–Crippen LogP) is 3.23. The molecule has 2 aliphatic heterocycles. The normalized spacial score (nSPS) is 22.1. The van der Waals surface area contributed by atoms with E-state index in [0.717, 1.165) is 69.0 Å². The number of carbonyl (C=O) groups excluding carboxylic acids is 4. The Labute approximate surface area is 369 Å². The number of aromatic nitrogens is 3. The predicted molar refractivity (Wildman–Crippen MR) is 241 cm³/mol. The average molecular weight is 866 g/mol. The first kappa shape index (κ1) is 46.8. The molecule has 3 aliphatic rings. The molecule has 4 heterocycles. The molecule has 63 heavy (non-hydrogen) atoms. The molecule has 6 rings (SSSR count). The van der Waals surface area contributed by atoms with Gasteiger partial charge in [0.05, 0.1) is 35.0 Å². The number of nitrogens with zero attached hydrogens (tertiary/aromatic N) is 4. The maximum Gasteiger partial charge on any atom is 0.329 e. The van der Waals surface area contributed by atoms with Crippen molar-refractivity contribution in [3.05, 3.63) is 63.3 Å². The Morgan fingerprint density at radius 3 is 2.52 bits per heavy atom. The fraction of sp³-hybridized carbons (Fsp3) is 0.542. The van der Waals surface area contributed by atoms with Gasteiger partial charge in [-0.15, -0.1) is 0 Å². The van der Waals surface area contributed by atoms with Crippen molar-refractivity contribution in [2.75, 3.05) is 47.1 Å². The number of carbonyl (C=O) groups is 4. The van der Waals surface area contributed by atoms with E-state index in [4.69, 9.17) is 19.9 Å². The molecule has 1 aliphatic carbocycles. The summed E-state index contributed by atoms with van der Waals surface area (Å²) in [6, 6.07) is 2.59. The zero-order valence-corrected chi connectivity index (χ0v) is 37.4. The molecule has 0 bridgehead atoms. The Kier molecular flexibility index (Phi) is 16.0. The molecule has 1 saturated carbocycles. The first-order chi connectivity index (χ1) is 30.4. The number of rotatable bonds is 18. The third-order valence-corrected chi connectivity index (χ3v) is 12.8. The van der Waals surface area contributed by atoms with Crippen molar-refractivity contribution < 1.29 is 33.4 Å². The number of amides is 4. The lowest BCUT2D eigenvalue weighted by atomic mass is 9.82. The highest BCUT2D eigenvalue weighted by Gasteiger charge is 2.33. The van der Waals surface area contributed by atoms with Gasteiger partial charge in [-0.3, -0.25) is 33.6 Å². The van der Waals surface area contributed by atoms with Crippen molar-refractivity contribution in [1.29, 1.82) is 0 Å². The molecule has 4 amide bonds. The van der Waals surface area contributed by atoms with E-state index >= 15 is 0 Å². The van der Waals surface area contributed by atoms with Gasteiger partial charge >= 0.3 is 5.69 Å². The van der Waals surface area contributed by atoms with Gasteiger partial charge < -0.3 is 30.2 Å². The number of ether oxygens (including phenoxy) is 3. The monoisotopic (exact) mass is 865 g/mol. The van der Waals surface area contributed by atoms with Crippen LogP contribution in [0, 0.1) is 29.6 Å². The van der Waals surface area contributed by atoms with E-state index in [0.29, 0.717) is 65.3 Å². The number of allylic oxidation sites excluding steroid dienone is 1. The van der Waals surface area contributed by atoms with Crippen LogP contribution in [0.1, 0.15) is 106 Å². The maximum absolute atomic E-state index is 13.3. The molecule has 2 aromatic heterocycles. The number of pyridine rings is 1. The standard InChI is InChI=1S/C48H63N7O8/c1-7-32(44-39(9-3)55(48(60)54(44)5)40-19-20-42(56)52-46(40)59)12-10-22-62-23-11-21-53(4)28-31-15-13-30(14-16-31)17-18-34-27-50-47(63-29-38-33(8-2)24-43(57)51-38)36-26-41(61-6)37(45(49)58)25-35(34)36/h7,9,25-27,30-31,33,38,40H,1,8,10-16,19-24,28-29H2,2-6H3,(H2,49,58)(H,51,57)(H,52,56,59)/b39-9+,44-32-/t30-,31-,33-,38-,40?/m1/s1. The summed E-state index contributed by atoms with van der Waals surface area (Å²) in [5.74, 6) is 7.26. The summed E-state index contributed by atoms with van der Waals surface area (Å²) in [7, 11) is 5.35. The van der Waals surface area contributed by atoms with Crippen LogP contribution in [-0.2, 0) is 26.2 Å². The van der Waals surface area contributed by atoms with Crippen molar-refractivity contribution in [2.24, 2.45) is 30.5 Å². The van der Waals surface area contributed by atoms with Gasteiger partial charge in [-0.25, -0.2) is 9.78 Å². The summed E-state index contributed by atoms with van der Waals surface area (Å²) in [6.07, 6.45) is 13.6. The van der Waals surface area contributed by atoms with Crippen LogP contribution in [0.25, 0.3) is 22.4 Å². The number of nitrogens with one attached hydrogen (secondary N) is 2. The molecule has 1 unspecified atom stereocenters. The lowest BCUT2D eigenvalue weighted by Gasteiger charge is -2.29. The van der Waals surface area contributed by atoms with Gasteiger partial charge in [-0.2, -0.15) is 0 Å². The van der Waals surface area contributed by atoms with E-state index in [2.05, 4.69) is 52.9 Å². The fourth-order valence-corrected chi connectivity index (χ4v) is 9.31. The minimum Gasteiger partial charge on any atom is -0.496 e. The van der Waals surface area contributed by atoms with Gasteiger partial charge in [-0.1, -0.05) is 43.9 Å². The average Bonchev–Trinajstić information content (AvgIpc) is 3.76. The Hall–Kier alpha value is -5.72. The number of fused-ring (bicyclic) bond motifs is 1. The number of piperidine rings is 1. The van der Waals surface area contributed by atoms with Crippen molar-refractivity contribution in [2.45, 2.75) is 96.6 Å². The van der Waals surface area contributed by atoms with E-state index < -0.39 is 17.9 Å². The summed E-state index contributed by atoms with van der Waals surface area (Å²) >= 11 is 0. The second kappa shape index (κ2) is 21.6. The van der Waals surface area contributed by atoms with Gasteiger partial charge in [0.2, 0.25) is 23.6 Å². The van der Waals surface area contributed by atoms with Gasteiger partial charge in [0.25, 0.3) is 5.91 Å². The highest BCUT2D eigenvalue weighted by atomic mass is 16.5. The molecule has 0 spiro atoms. The molecule has 3 atom stereocenters. The third kappa shape index (κ3) is 11.1. The van der Waals surface area contributed by atoms with Crippen LogP contribution in [0.5, 0.6) is 11.6 Å². The number of hydrogen-bond donors (Lipinski definition) is 3. The van der Waals surface area contributed by atoms with Gasteiger partial charge in [-0.05, 0) is 94.9 Å². The van der Waals surface area contributed by atoms with Crippen molar-refractivity contribution in [3.63, 3.8) is 0 Å². The minimum absolute atomic E-state index is 0.0264. The first-order valence-electron chi connectivity index (χ1n) is 22.3. The largest absolute Gasteiger partial charge is 0.496 e. The van der Waals surface area contributed by atoms with Crippen LogP contribution in [0.4, 0.5) is 0 Å². The SMILES string of the molecule is C=C/C(CCCOCCCN(C)C[C@H]1CC[C@H](C#Cc2cnc(OC[C@H]3NC(=O)C[C@H]3CC)c3cc(OC)c(C(N)=O)cc23)CC1)=c1\c(=C/C)n(C2CCC(=O)NC2=O)c(=O)n1C. The third-order valence-electron chi connectivity index (χ3n) is 12.8. The Morgan fingerprint density at radius 1 is 1.08 bits per heavy atom. The zero-order chi connectivity index (χ0) is 45.2. The molecule has 4 N–H and O–H groups in total. The summed E-state index contributed by atoms with van der Waals surface area (Å²) in [6.45, 7) is 11.4. The van der Waals surface area contributed by atoms with Crippen molar-refractivity contribution in [3.8, 4) is 23.5 Å². The van der Waals surface area contributed by atoms with E-state index in [9.17, 15) is 24.0 Å². The molecule has 2 saturated heterocycles. The summed E-state index contributed by atoms with van der Waals surface area (Å²) in [4.78, 5) is 69.1. The lowest BCUT2D eigenvalue weighted by Crippen LogP contribution is -2.47. The number of hydrogen-bond acceptors (Lipinski definition) is 10. The first-order valence-corrected chi connectivity index (χ1v) is 22.3. The summed E-state index contributed by atoms with van der Waals surface area (Å²) in [5, 5.41) is 8.12. The Bertz CT molecular complexity index is 2450. The van der Waals surface area contributed by atoms with E-state index in [1.54, 1.807) is 36.0 Å². The van der Waals surface area contributed by atoms with Crippen molar-refractivity contribution in [1.82, 2.24) is 29.7 Å². The smallest absolute Gasteiger partial charge is 0.329 e. The maximum atomic E-state index is 13.3. The zero-order valence-electron chi connectivity index (χ0n) is 37.4. The van der Waals surface area contributed by atoms with Crippen LogP contribution in [-0.4, -0.2) is 95.8 Å². The highest BCUT2D eigenvalue weighted by Crippen LogP contribution is 2.34. The molecular weight excluding hydrogens is 803 g/mol. The van der Waals surface area contributed by atoms with Crippen LogP contribution in [0.2, 0.25) is 0 Å². The minimum atomic E-state index is -0.734. The second-order valence-electron chi connectivity index (χ2n) is 17.0. The van der Waals surface area contributed by atoms with E-state index in [1.165, 1.54) is 11.7 Å². The fourth-order valence-electron chi connectivity index (χ4n) is 9.31. The quantitative estimate of drug-likeness (QED) is 0.0974. The second-order valence-corrected chi connectivity index (χ2v) is 17.0. The molecule has 15 nitrogen and oxygen atoms in total. The number of nitrogens with two attached hydrogens (primary N) is 1. The molecule has 338 valence electrons. The molecular formula is C48H63N7O8. The molecule has 15 heteroatoms. The number of imidazole rings is 1. The molecule has 1 aromatic carbocycles. The molecule has 3 fully saturated rings. The lowest BCUT2D eigenvalue weighted by molar-refractivity contribution is -0.135. The molecule has 0 radical (unpaired) electrons. The summed E-state index contributed by atoms with van der Waals surface area (Å²) in [5.41, 5.74) is 7.28. The Morgan fingerprint density at radius 2 is 1.84 bits per heavy atom. The number of imide groups is 1. The number of methoxy groups -OCH3 is 1. The van der Waals surface area contributed by atoms with Gasteiger partial charge in [0.15, 0.2) is 0 Å². The molecule has 3 aromatic rings. The highest BCUT2D eigenvalue weighted by molar-refractivity contribution is 6.03. The van der Waals surface area contributed by atoms with Crippen molar-refractivity contribution >= 4 is 46.1 Å². The van der Waals surface area contributed by atoms with E-state index in [1.807, 2.05) is 13.0 Å². The number of benzene rings is 1. The van der Waals surface area contributed by atoms with Gasteiger partial charge in [0, 0.05) is 69.1 Å². The van der Waals surface area contributed by atoms with Gasteiger partial charge in [0.1, 0.15) is 18.4 Å². The van der Waals surface area contributed by atoms with Crippen LogP contribution >= 0.6 is 0 Å². The topological polar surface area (TPSA) is 189 Å². The van der Waals surface area contributed by atoms with E-state index in [-0.39, 0.29) is 60.4 Å². The van der Waals surface area contributed by atoms with Crippen LogP contribution in [0.15, 0.2) is 35.8 Å². The number of primary amides is 1. The van der Waals surface area contributed by atoms with Crippen LogP contribution < -0.4 is 42.2 Å². The summed E-state index contributed by atoms with van der Waals surface area (Å²) < 4.78 is 20.8.